The molecule has 0 aliphatic heterocycles. The summed E-state index contributed by atoms with van der Waals surface area (Å²) in [6, 6.07) is 15.2. The van der Waals surface area contributed by atoms with E-state index >= 15 is 0 Å². The van der Waals surface area contributed by atoms with Crippen molar-refractivity contribution in [2.45, 2.75) is 10.2 Å². The van der Waals surface area contributed by atoms with Crippen LogP contribution in [0.1, 0.15) is 16.8 Å². The molecule has 0 spiro atoms. The molecule has 2 rings (SSSR count). The average molecular weight is 429 g/mol. The Kier molecular flexibility index (Phi) is 7.47. The van der Waals surface area contributed by atoms with E-state index in [0.717, 1.165) is 0 Å². The molecule has 2 aromatic carbocycles. The summed E-state index contributed by atoms with van der Waals surface area (Å²) in [6.45, 7) is 0.115. The number of rotatable bonds is 6. The van der Waals surface area contributed by atoms with Gasteiger partial charge in [-0.25, -0.2) is 0 Å². The van der Waals surface area contributed by atoms with Crippen LogP contribution >= 0.6 is 34.8 Å². The molecule has 0 atom stereocenters. The van der Waals surface area contributed by atoms with Crippen molar-refractivity contribution in [3.05, 3.63) is 60.2 Å². The van der Waals surface area contributed by atoms with Crippen molar-refractivity contribution < 1.29 is 14.4 Å². The van der Waals surface area contributed by atoms with Crippen molar-refractivity contribution >= 4 is 63.9 Å². The summed E-state index contributed by atoms with van der Waals surface area (Å²) in [4.78, 5) is 36.0. The Morgan fingerprint density at radius 3 is 2.15 bits per heavy atom. The highest BCUT2D eigenvalue weighted by Crippen LogP contribution is 2.28. The van der Waals surface area contributed by atoms with Gasteiger partial charge in [0.1, 0.15) is 0 Å². The maximum Gasteiger partial charge on any atom is 0.276 e. The quantitative estimate of drug-likeness (QED) is 0.612. The molecule has 0 aliphatic rings. The number of alkyl halides is 3. The van der Waals surface area contributed by atoms with Gasteiger partial charge in [0.15, 0.2) is 0 Å². The first-order valence-electron chi connectivity index (χ1n) is 7.87. The van der Waals surface area contributed by atoms with Gasteiger partial charge in [-0.2, -0.15) is 0 Å². The lowest BCUT2D eigenvalue weighted by Crippen LogP contribution is -2.31. The molecular formula is C18H16Cl3N3O3. The summed E-state index contributed by atoms with van der Waals surface area (Å²) in [5.41, 5.74) is 1.05. The van der Waals surface area contributed by atoms with E-state index in [1.54, 1.807) is 36.4 Å². The van der Waals surface area contributed by atoms with Crippen molar-refractivity contribution in [3.63, 3.8) is 0 Å². The predicted molar refractivity (Wildman–Crippen MR) is 107 cm³/mol. The minimum absolute atomic E-state index is 0.0866. The number of para-hydroxylation sites is 2. The highest BCUT2D eigenvalue weighted by atomic mass is 35.6. The van der Waals surface area contributed by atoms with Crippen molar-refractivity contribution in [2.24, 2.45) is 0 Å². The number of benzene rings is 2. The smallest absolute Gasteiger partial charge is 0.276 e. The van der Waals surface area contributed by atoms with Crippen molar-refractivity contribution in [3.8, 4) is 0 Å². The van der Waals surface area contributed by atoms with Gasteiger partial charge in [-0.1, -0.05) is 65.1 Å². The second kappa shape index (κ2) is 9.60. The zero-order valence-electron chi connectivity index (χ0n) is 14.0. The minimum Gasteiger partial charge on any atom is -0.351 e. The third kappa shape index (κ3) is 6.75. The average Bonchev–Trinajstić information content (AvgIpc) is 2.62. The van der Waals surface area contributed by atoms with Gasteiger partial charge >= 0.3 is 0 Å². The van der Waals surface area contributed by atoms with E-state index in [2.05, 4.69) is 16.0 Å². The normalized spacial score (nSPS) is 10.8. The van der Waals surface area contributed by atoms with Crippen molar-refractivity contribution in [1.82, 2.24) is 5.32 Å². The topological polar surface area (TPSA) is 87.3 Å². The van der Waals surface area contributed by atoms with Gasteiger partial charge in [0.2, 0.25) is 5.91 Å². The van der Waals surface area contributed by atoms with Crippen LogP contribution in [0.5, 0.6) is 0 Å². The predicted octanol–water partition coefficient (Wildman–Crippen LogP) is 3.75. The lowest BCUT2D eigenvalue weighted by molar-refractivity contribution is -0.116. The van der Waals surface area contributed by atoms with E-state index < -0.39 is 15.6 Å². The van der Waals surface area contributed by atoms with Crippen LogP contribution in [-0.4, -0.2) is 28.1 Å². The van der Waals surface area contributed by atoms with Crippen LogP contribution in [0.3, 0.4) is 0 Å². The van der Waals surface area contributed by atoms with Gasteiger partial charge in [0, 0.05) is 18.7 Å². The second-order valence-electron chi connectivity index (χ2n) is 5.42. The molecule has 3 amide bonds. The Hall–Kier alpha value is -2.28. The highest BCUT2D eigenvalue weighted by molar-refractivity contribution is 6.76. The fraction of sp³-hybridized carbons (Fsp3) is 0.167. The van der Waals surface area contributed by atoms with Crippen LogP contribution in [-0.2, 0) is 9.59 Å². The van der Waals surface area contributed by atoms with Crippen LogP contribution in [0, 0.1) is 0 Å². The van der Waals surface area contributed by atoms with Crippen molar-refractivity contribution in [2.75, 3.05) is 17.2 Å². The molecule has 0 bridgehead atoms. The highest BCUT2D eigenvalue weighted by Gasteiger charge is 2.31. The lowest BCUT2D eigenvalue weighted by atomic mass is 10.1. The van der Waals surface area contributed by atoms with Gasteiger partial charge in [-0.05, 0) is 24.3 Å². The first-order valence-corrected chi connectivity index (χ1v) is 9.01. The Morgan fingerprint density at radius 2 is 1.48 bits per heavy atom. The zero-order chi connectivity index (χ0) is 19.9. The third-order valence-electron chi connectivity index (χ3n) is 3.37. The monoisotopic (exact) mass is 427 g/mol. The van der Waals surface area contributed by atoms with E-state index in [1.165, 1.54) is 12.1 Å². The number of nitrogens with one attached hydrogen (secondary N) is 3. The molecule has 0 fully saturated rings. The van der Waals surface area contributed by atoms with Gasteiger partial charge in [0.25, 0.3) is 15.6 Å². The Labute approximate surface area is 171 Å². The fourth-order valence-corrected chi connectivity index (χ4v) is 2.25. The lowest BCUT2D eigenvalue weighted by Gasteiger charge is -2.14. The molecule has 0 radical (unpaired) electrons. The molecule has 3 N–H and O–H groups in total. The van der Waals surface area contributed by atoms with Crippen LogP contribution in [0.15, 0.2) is 54.6 Å². The Morgan fingerprint density at radius 1 is 0.852 bits per heavy atom. The molecule has 0 saturated carbocycles. The maximum atomic E-state index is 12.3. The van der Waals surface area contributed by atoms with Crippen LogP contribution in [0.2, 0.25) is 0 Å². The molecule has 0 saturated heterocycles. The summed E-state index contributed by atoms with van der Waals surface area (Å²) in [7, 11) is 0. The van der Waals surface area contributed by atoms with Crippen LogP contribution in [0.25, 0.3) is 0 Å². The largest absolute Gasteiger partial charge is 0.351 e. The number of anilines is 2. The van der Waals surface area contributed by atoms with Crippen LogP contribution < -0.4 is 16.0 Å². The number of amides is 3. The van der Waals surface area contributed by atoms with Gasteiger partial charge in [-0.3, -0.25) is 14.4 Å². The van der Waals surface area contributed by atoms with E-state index in [4.69, 9.17) is 34.8 Å². The number of carbonyl (C=O) groups excluding carboxylic acids is 3. The molecule has 27 heavy (non-hydrogen) atoms. The first-order chi connectivity index (χ1) is 12.8. The maximum absolute atomic E-state index is 12.3. The summed E-state index contributed by atoms with van der Waals surface area (Å²) in [6.07, 6.45) is 0.0866. The number of hydrogen-bond donors (Lipinski definition) is 3. The summed E-state index contributed by atoms with van der Waals surface area (Å²) < 4.78 is -2.15. The van der Waals surface area contributed by atoms with E-state index in [0.29, 0.717) is 5.69 Å². The summed E-state index contributed by atoms with van der Waals surface area (Å²) in [5.74, 6) is -1.59. The molecule has 6 nitrogen and oxygen atoms in total. The molecule has 0 aromatic heterocycles. The molecular weight excluding hydrogens is 413 g/mol. The third-order valence-corrected chi connectivity index (χ3v) is 3.89. The van der Waals surface area contributed by atoms with Gasteiger partial charge < -0.3 is 16.0 Å². The SMILES string of the molecule is O=C(CCNC(=O)c1ccccc1NC(=O)C(Cl)(Cl)Cl)Nc1ccccc1. The van der Waals surface area contributed by atoms with E-state index in [-0.39, 0.29) is 30.1 Å². The molecule has 0 aliphatic carbocycles. The van der Waals surface area contributed by atoms with Gasteiger partial charge in [0.05, 0.1) is 11.3 Å². The molecule has 0 unspecified atom stereocenters. The standard InChI is InChI=1S/C18H16Cl3N3O3/c19-18(20,21)17(27)24-14-9-5-4-8-13(14)16(26)22-11-10-15(25)23-12-6-2-1-3-7-12/h1-9H,10-11H2,(H,22,26)(H,23,25)(H,24,27). The Balaban J connectivity index is 1.90. The number of halogens is 3. The zero-order valence-corrected chi connectivity index (χ0v) is 16.2. The van der Waals surface area contributed by atoms with E-state index in [9.17, 15) is 14.4 Å². The molecule has 2 aromatic rings. The summed E-state index contributed by atoms with van der Waals surface area (Å²) >= 11 is 16.6. The minimum atomic E-state index is -2.15. The van der Waals surface area contributed by atoms with Crippen LogP contribution in [0.4, 0.5) is 11.4 Å². The Bertz CT molecular complexity index is 823. The first kappa shape index (κ1) is 21.0. The molecule has 0 heterocycles. The molecule has 142 valence electrons. The fourth-order valence-electron chi connectivity index (χ4n) is 2.11. The van der Waals surface area contributed by atoms with Gasteiger partial charge in [-0.15, -0.1) is 0 Å². The summed E-state index contributed by atoms with van der Waals surface area (Å²) in [5, 5.41) is 7.72. The van der Waals surface area contributed by atoms with E-state index in [1.807, 2.05) is 6.07 Å². The number of hydrogen-bond acceptors (Lipinski definition) is 3. The molecule has 9 heteroatoms. The second-order valence-corrected chi connectivity index (χ2v) is 7.70. The number of carbonyl (C=O) groups is 3. The van der Waals surface area contributed by atoms with Crippen molar-refractivity contribution in [1.29, 1.82) is 0 Å².